The van der Waals surface area contributed by atoms with Gasteiger partial charge in [-0.2, -0.15) is 13.8 Å². The highest BCUT2D eigenvalue weighted by atomic mass is 19.3. The fourth-order valence-electron chi connectivity index (χ4n) is 3.41. The van der Waals surface area contributed by atoms with E-state index in [2.05, 4.69) is 30.2 Å². The number of rotatable bonds is 7. The first-order valence-electron chi connectivity index (χ1n) is 10.1. The number of halogens is 4. The summed E-state index contributed by atoms with van der Waals surface area (Å²) in [6.45, 7) is -2.24. The number of aromatic carboxylic acids is 1. The Labute approximate surface area is 190 Å². The van der Waals surface area contributed by atoms with Crippen molar-refractivity contribution in [2.75, 3.05) is 23.3 Å². The number of nitrogens with zero attached hydrogens (tertiary/aromatic N) is 5. The number of ether oxygens (including phenoxy) is 1. The van der Waals surface area contributed by atoms with E-state index in [0.29, 0.717) is 31.5 Å². The van der Waals surface area contributed by atoms with Crippen LogP contribution in [0.3, 0.4) is 0 Å². The molecule has 1 aliphatic rings. The van der Waals surface area contributed by atoms with Gasteiger partial charge in [0.05, 0.1) is 6.20 Å². The van der Waals surface area contributed by atoms with Gasteiger partial charge in [0.2, 0.25) is 5.95 Å². The van der Waals surface area contributed by atoms with Crippen molar-refractivity contribution in [1.29, 1.82) is 0 Å². The van der Waals surface area contributed by atoms with Crippen molar-refractivity contribution in [2.24, 2.45) is 0 Å². The predicted octanol–water partition coefficient (Wildman–Crippen LogP) is 4.05. The van der Waals surface area contributed by atoms with Crippen LogP contribution in [0.25, 0.3) is 11.1 Å². The lowest BCUT2D eigenvalue weighted by Gasteiger charge is -2.28. The van der Waals surface area contributed by atoms with Crippen LogP contribution in [0.4, 0.5) is 35.1 Å². The molecule has 1 fully saturated rings. The molecule has 1 saturated heterocycles. The second-order valence-corrected chi connectivity index (χ2v) is 7.35. The molecule has 9 nitrogen and oxygen atoms in total. The number of hydrogen-bond donors (Lipinski definition) is 2. The van der Waals surface area contributed by atoms with Crippen molar-refractivity contribution in [2.45, 2.75) is 25.6 Å². The van der Waals surface area contributed by atoms with E-state index < -0.39 is 30.3 Å². The van der Waals surface area contributed by atoms with E-state index in [0.717, 1.165) is 6.20 Å². The van der Waals surface area contributed by atoms with Crippen LogP contribution in [0.15, 0.2) is 36.5 Å². The van der Waals surface area contributed by atoms with Crippen LogP contribution >= 0.6 is 0 Å². The number of benzene rings is 1. The van der Waals surface area contributed by atoms with E-state index in [1.807, 2.05) is 0 Å². The van der Waals surface area contributed by atoms with Gasteiger partial charge in [-0.05, 0) is 36.6 Å². The number of anilines is 3. The first-order valence-corrected chi connectivity index (χ1v) is 10.1. The van der Waals surface area contributed by atoms with E-state index >= 15 is 0 Å². The van der Waals surface area contributed by atoms with Crippen LogP contribution in [0.5, 0.6) is 5.75 Å². The predicted molar refractivity (Wildman–Crippen MR) is 113 cm³/mol. The van der Waals surface area contributed by atoms with Crippen molar-refractivity contribution in [3.63, 3.8) is 0 Å². The van der Waals surface area contributed by atoms with Gasteiger partial charge in [0.25, 0.3) is 0 Å². The quantitative estimate of drug-likeness (QED) is 0.486. The summed E-state index contributed by atoms with van der Waals surface area (Å²) in [7, 11) is 0. The summed E-state index contributed by atoms with van der Waals surface area (Å²) in [5.74, 6) is -2.29. The Balaban J connectivity index is 1.62. The Morgan fingerprint density at radius 2 is 1.88 bits per heavy atom. The molecule has 0 atom stereocenters. The molecule has 2 aromatic heterocycles. The average molecular weight is 478 g/mol. The number of carboxylic acids is 1. The van der Waals surface area contributed by atoms with Gasteiger partial charge < -0.3 is 20.1 Å². The normalized spacial score (nSPS) is 14.3. The van der Waals surface area contributed by atoms with Crippen LogP contribution in [0.2, 0.25) is 0 Å². The molecule has 1 aromatic carbocycles. The van der Waals surface area contributed by atoms with Crippen LogP contribution in [-0.2, 0) is 0 Å². The van der Waals surface area contributed by atoms with Gasteiger partial charge in [-0.25, -0.2) is 18.6 Å². The van der Waals surface area contributed by atoms with Gasteiger partial charge in [0.15, 0.2) is 23.1 Å². The van der Waals surface area contributed by atoms with Crippen LogP contribution in [0.1, 0.15) is 23.3 Å². The van der Waals surface area contributed by atoms with Crippen LogP contribution in [0, 0.1) is 5.82 Å². The molecule has 0 unspecified atom stereocenters. The largest absolute Gasteiger partial charge is 0.476 e. The van der Waals surface area contributed by atoms with Gasteiger partial charge in [-0.1, -0.05) is 12.1 Å². The van der Waals surface area contributed by atoms with E-state index in [4.69, 9.17) is 0 Å². The zero-order valence-corrected chi connectivity index (χ0v) is 17.5. The maximum absolute atomic E-state index is 14.4. The molecule has 0 amide bonds. The smallest absolute Gasteiger partial charge is 0.387 e. The minimum atomic E-state index is -3.00. The van der Waals surface area contributed by atoms with Crippen molar-refractivity contribution >= 4 is 23.6 Å². The zero-order valence-electron chi connectivity index (χ0n) is 17.5. The monoisotopic (exact) mass is 478 g/mol. The third kappa shape index (κ3) is 5.30. The van der Waals surface area contributed by atoms with Gasteiger partial charge in [0.1, 0.15) is 11.9 Å². The van der Waals surface area contributed by atoms with Gasteiger partial charge >= 0.3 is 12.6 Å². The van der Waals surface area contributed by atoms with E-state index in [9.17, 15) is 27.5 Å². The number of aromatic nitrogens is 4. The molecule has 3 aromatic rings. The van der Waals surface area contributed by atoms with Crippen molar-refractivity contribution in [3.05, 3.63) is 48.0 Å². The molecule has 0 aliphatic carbocycles. The highest BCUT2D eigenvalue weighted by molar-refractivity contribution is 5.94. The molecule has 3 heterocycles. The molecule has 34 heavy (non-hydrogen) atoms. The Kier molecular flexibility index (Phi) is 6.70. The Hall–Kier alpha value is -4.03. The fraction of sp³-hybridized carbons (Fsp3) is 0.286. The second-order valence-electron chi connectivity index (χ2n) is 7.35. The topological polar surface area (TPSA) is 113 Å². The fourth-order valence-corrected chi connectivity index (χ4v) is 3.41. The van der Waals surface area contributed by atoms with Gasteiger partial charge in [-0.15, -0.1) is 10.2 Å². The number of carboxylic acid groups (broad SMARTS) is 1. The summed E-state index contributed by atoms with van der Waals surface area (Å²) in [6, 6.07) is 6.57. The number of nitrogens with one attached hydrogen (secondary N) is 1. The number of hydrogen-bond acceptors (Lipinski definition) is 8. The summed E-state index contributed by atoms with van der Waals surface area (Å²) in [5.41, 5.74) is 0.0363. The summed E-state index contributed by atoms with van der Waals surface area (Å²) in [6.07, 6.45) is 0.701. The molecule has 2 N–H and O–H groups in total. The van der Waals surface area contributed by atoms with Crippen LogP contribution in [-0.4, -0.2) is 57.1 Å². The molecule has 0 saturated carbocycles. The van der Waals surface area contributed by atoms with Crippen molar-refractivity contribution in [1.82, 2.24) is 20.2 Å². The Morgan fingerprint density at radius 3 is 2.53 bits per heavy atom. The molecule has 178 valence electrons. The molecule has 4 rings (SSSR count). The maximum atomic E-state index is 14.4. The maximum Gasteiger partial charge on any atom is 0.387 e. The van der Waals surface area contributed by atoms with E-state index in [1.54, 1.807) is 4.90 Å². The lowest BCUT2D eigenvalue weighted by atomic mass is 10.0. The zero-order chi connectivity index (χ0) is 24.2. The first kappa shape index (κ1) is 23.1. The molecule has 0 spiro atoms. The van der Waals surface area contributed by atoms with Crippen LogP contribution < -0.4 is 15.0 Å². The molecule has 0 bridgehead atoms. The lowest BCUT2D eigenvalue weighted by molar-refractivity contribution is -0.0498. The van der Waals surface area contributed by atoms with Crippen molar-refractivity contribution < 1.29 is 32.2 Å². The van der Waals surface area contributed by atoms with Gasteiger partial charge in [-0.3, -0.25) is 0 Å². The molecule has 0 radical (unpaired) electrons. The Bertz CT molecular complexity index is 1170. The summed E-state index contributed by atoms with van der Waals surface area (Å²) in [4.78, 5) is 21.5. The van der Waals surface area contributed by atoms with E-state index in [1.165, 1.54) is 30.3 Å². The minimum absolute atomic E-state index is 0.0149. The number of piperidine rings is 1. The first-order chi connectivity index (χ1) is 16.3. The third-order valence-electron chi connectivity index (χ3n) is 5.07. The summed E-state index contributed by atoms with van der Waals surface area (Å²) < 4.78 is 56.9. The number of alkyl halides is 3. The second kappa shape index (κ2) is 9.85. The minimum Gasteiger partial charge on any atom is -0.476 e. The molecular formula is C21H18F4N6O3. The molecule has 1 aliphatic heterocycles. The highest BCUT2D eigenvalue weighted by Crippen LogP contribution is 2.29. The molecular weight excluding hydrogens is 460 g/mol. The third-order valence-corrected chi connectivity index (χ3v) is 5.07. The highest BCUT2D eigenvalue weighted by Gasteiger charge is 2.22. The summed E-state index contributed by atoms with van der Waals surface area (Å²) >= 11 is 0. The molecule has 13 heteroatoms. The lowest BCUT2D eigenvalue weighted by Crippen LogP contribution is -2.35. The standard InChI is InChI=1S/C21H18F4N6O3/c22-12-5-7-31(8-6-12)21-26-10-15(23)18(28-21)27-16-9-14(17(19(32)33)30-29-16)11-1-3-13(4-2-11)34-20(24)25/h1-4,9-10,12,20H,5-8H2,(H,32,33)(H,26,27,28,29). The van der Waals surface area contributed by atoms with E-state index in [-0.39, 0.29) is 28.9 Å². The van der Waals surface area contributed by atoms with Crippen molar-refractivity contribution in [3.8, 4) is 16.9 Å². The Morgan fingerprint density at radius 1 is 1.18 bits per heavy atom. The SMILES string of the molecule is O=C(O)c1nnc(Nc2nc(N3CCC(F)CC3)ncc2F)cc1-c1ccc(OC(F)F)cc1. The number of carbonyl (C=O) groups is 1. The average Bonchev–Trinajstić information content (AvgIpc) is 2.81. The van der Waals surface area contributed by atoms with Gasteiger partial charge in [0, 0.05) is 18.7 Å². The summed E-state index contributed by atoms with van der Waals surface area (Å²) in [5, 5.41) is 19.6.